The molecule has 0 bridgehead atoms. The number of aliphatic carboxylic acids is 1. The molecule has 7 heteroatoms. The van der Waals surface area contributed by atoms with Crippen LogP contribution < -0.4 is 5.32 Å². The summed E-state index contributed by atoms with van der Waals surface area (Å²) >= 11 is 0. The number of aliphatic hydroxyl groups excluding tert-OH is 1. The van der Waals surface area contributed by atoms with Crippen LogP contribution in [0, 0.1) is 0 Å². The number of nitrogens with one attached hydrogen (secondary N) is 1. The number of methoxy groups -OCH3 is 1. The second-order valence-electron chi connectivity index (χ2n) is 4.13. The first kappa shape index (κ1) is 13.7. The highest BCUT2D eigenvalue weighted by Gasteiger charge is 2.38. The summed E-state index contributed by atoms with van der Waals surface area (Å²) in [6.45, 7) is 2.13. The maximum absolute atomic E-state index is 11.7. The molecule has 0 radical (unpaired) electrons. The number of carboxylic acids is 1. The van der Waals surface area contributed by atoms with Gasteiger partial charge in [0.05, 0.1) is 12.2 Å². The van der Waals surface area contributed by atoms with E-state index in [0.29, 0.717) is 6.54 Å². The third-order valence-corrected chi connectivity index (χ3v) is 2.77. The molecular formula is C10H18N2O5. The summed E-state index contributed by atoms with van der Waals surface area (Å²) in [6.07, 6.45) is -0.848. The molecule has 0 spiro atoms. The minimum absolute atomic E-state index is 0.0458. The number of carboxylic acid groups (broad SMARTS) is 1. The van der Waals surface area contributed by atoms with Crippen molar-refractivity contribution < 1.29 is 24.5 Å². The number of amides is 2. The molecule has 0 aromatic rings. The zero-order valence-electron chi connectivity index (χ0n) is 9.92. The number of hydrogen-bond acceptors (Lipinski definition) is 4. The largest absolute Gasteiger partial charge is 0.480 e. The minimum atomic E-state index is -1.10. The van der Waals surface area contributed by atoms with Gasteiger partial charge in [-0.25, -0.2) is 9.59 Å². The van der Waals surface area contributed by atoms with Crippen LogP contribution in [-0.2, 0) is 9.53 Å². The average Bonchev–Trinajstić information content (AvgIpc) is 2.67. The molecule has 3 atom stereocenters. The zero-order valence-corrected chi connectivity index (χ0v) is 9.92. The molecule has 7 nitrogen and oxygen atoms in total. The smallest absolute Gasteiger partial charge is 0.326 e. The van der Waals surface area contributed by atoms with E-state index >= 15 is 0 Å². The quantitative estimate of drug-likeness (QED) is 0.606. The van der Waals surface area contributed by atoms with Crippen molar-refractivity contribution in [1.29, 1.82) is 0 Å². The first-order valence-electron chi connectivity index (χ1n) is 5.43. The highest BCUT2D eigenvalue weighted by Crippen LogP contribution is 2.17. The van der Waals surface area contributed by atoms with Crippen molar-refractivity contribution in [2.24, 2.45) is 0 Å². The molecule has 17 heavy (non-hydrogen) atoms. The monoisotopic (exact) mass is 246 g/mol. The van der Waals surface area contributed by atoms with Crippen LogP contribution in [0.3, 0.4) is 0 Å². The van der Waals surface area contributed by atoms with Gasteiger partial charge < -0.3 is 25.2 Å². The van der Waals surface area contributed by atoms with Gasteiger partial charge in [0.2, 0.25) is 0 Å². The number of β-amino-alcohol motifs (C(OH)–C–C–N with tert-alkyl or cyclic N) is 1. The van der Waals surface area contributed by atoms with Gasteiger partial charge in [-0.05, 0) is 6.92 Å². The highest BCUT2D eigenvalue weighted by molar-refractivity contribution is 5.83. The normalized spacial score (nSPS) is 25.7. The van der Waals surface area contributed by atoms with Gasteiger partial charge in [0, 0.05) is 26.6 Å². The molecule has 3 N–H and O–H groups in total. The van der Waals surface area contributed by atoms with E-state index < -0.39 is 24.1 Å². The minimum Gasteiger partial charge on any atom is -0.480 e. The predicted octanol–water partition coefficient (Wildman–Crippen LogP) is -0.749. The van der Waals surface area contributed by atoms with Crippen LogP contribution in [0.15, 0.2) is 0 Å². The fourth-order valence-corrected chi connectivity index (χ4v) is 1.69. The van der Waals surface area contributed by atoms with Crippen LogP contribution in [0.25, 0.3) is 0 Å². The summed E-state index contributed by atoms with van der Waals surface area (Å²) in [5.41, 5.74) is 0. The van der Waals surface area contributed by atoms with Gasteiger partial charge in [-0.15, -0.1) is 0 Å². The summed E-state index contributed by atoms with van der Waals surface area (Å²) in [7, 11) is 1.52. The second kappa shape index (κ2) is 5.83. The van der Waals surface area contributed by atoms with Crippen molar-refractivity contribution in [3.8, 4) is 0 Å². The SMILES string of the molecule is COC(C)CNC(=O)N1C[C@@H](O)C[C@H]1C(=O)O. The fraction of sp³-hybridized carbons (Fsp3) is 0.800. The van der Waals surface area contributed by atoms with Crippen molar-refractivity contribution in [2.75, 3.05) is 20.2 Å². The molecule has 0 saturated carbocycles. The number of urea groups is 1. The lowest BCUT2D eigenvalue weighted by Crippen LogP contribution is -2.47. The van der Waals surface area contributed by atoms with Gasteiger partial charge in [-0.1, -0.05) is 0 Å². The summed E-state index contributed by atoms with van der Waals surface area (Å²) in [5, 5.41) is 20.9. The van der Waals surface area contributed by atoms with Crippen molar-refractivity contribution in [2.45, 2.75) is 31.6 Å². The van der Waals surface area contributed by atoms with E-state index in [1.165, 1.54) is 7.11 Å². The van der Waals surface area contributed by atoms with Gasteiger partial charge in [0.25, 0.3) is 0 Å². The number of rotatable bonds is 4. The Hall–Kier alpha value is -1.34. The van der Waals surface area contributed by atoms with Crippen molar-refractivity contribution in [3.63, 3.8) is 0 Å². The molecule has 1 heterocycles. The lowest BCUT2D eigenvalue weighted by atomic mass is 10.2. The molecule has 0 aliphatic carbocycles. The lowest BCUT2D eigenvalue weighted by Gasteiger charge is -2.22. The Kier molecular flexibility index (Phi) is 4.71. The first-order chi connectivity index (χ1) is 7.95. The van der Waals surface area contributed by atoms with Gasteiger partial charge in [-0.3, -0.25) is 0 Å². The van der Waals surface area contributed by atoms with E-state index in [4.69, 9.17) is 9.84 Å². The summed E-state index contributed by atoms with van der Waals surface area (Å²) in [6, 6.07) is -1.44. The molecule has 1 rings (SSSR count). The fourth-order valence-electron chi connectivity index (χ4n) is 1.69. The maximum atomic E-state index is 11.7. The lowest BCUT2D eigenvalue weighted by molar-refractivity contribution is -0.141. The van der Waals surface area contributed by atoms with Crippen molar-refractivity contribution >= 4 is 12.0 Å². The molecule has 1 aliphatic rings. The van der Waals surface area contributed by atoms with E-state index in [9.17, 15) is 14.7 Å². The van der Waals surface area contributed by atoms with E-state index in [-0.39, 0.29) is 19.1 Å². The molecular weight excluding hydrogens is 228 g/mol. The highest BCUT2D eigenvalue weighted by atomic mass is 16.5. The van der Waals surface area contributed by atoms with E-state index in [1.807, 2.05) is 0 Å². The number of aliphatic hydroxyl groups is 1. The molecule has 98 valence electrons. The number of nitrogens with zero attached hydrogens (tertiary/aromatic N) is 1. The molecule has 1 unspecified atom stereocenters. The Labute approximate surface area is 99.4 Å². The van der Waals surface area contributed by atoms with Crippen LogP contribution in [-0.4, -0.2) is 65.6 Å². The number of likely N-dealkylation sites (tertiary alicyclic amines) is 1. The predicted molar refractivity (Wildman–Crippen MR) is 58.6 cm³/mol. The van der Waals surface area contributed by atoms with Crippen LogP contribution in [0.1, 0.15) is 13.3 Å². The maximum Gasteiger partial charge on any atom is 0.326 e. The molecule has 1 aliphatic heterocycles. The zero-order chi connectivity index (χ0) is 13.0. The number of carbonyl (C=O) groups is 2. The number of carbonyl (C=O) groups excluding carboxylic acids is 1. The number of ether oxygens (including phenoxy) is 1. The van der Waals surface area contributed by atoms with Crippen molar-refractivity contribution in [1.82, 2.24) is 10.2 Å². The summed E-state index contributed by atoms with van der Waals surface area (Å²) < 4.78 is 4.96. The van der Waals surface area contributed by atoms with Crippen LogP contribution in [0.4, 0.5) is 4.79 Å². The number of hydrogen-bond donors (Lipinski definition) is 3. The molecule has 0 aromatic heterocycles. The van der Waals surface area contributed by atoms with Gasteiger partial charge >= 0.3 is 12.0 Å². The average molecular weight is 246 g/mol. The summed E-state index contributed by atoms with van der Waals surface area (Å²) in [5.74, 6) is -1.10. The Morgan fingerprint density at radius 3 is 2.76 bits per heavy atom. The third kappa shape index (κ3) is 3.57. The van der Waals surface area contributed by atoms with E-state index in [0.717, 1.165) is 4.90 Å². The molecule has 1 fully saturated rings. The molecule has 1 saturated heterocycles. The Morgan fingerprint density at radius 1 is 1.59 bits per heavy atom. The van der Waals surface area contributed by atoms with Crippen LogP contribution in [0.5, 0.6) is 0 Å². The van der Waals surface area contributed by atoms with Crippen LogP contribution in [0.2, 0.25) is 0 Å². The Bertz CT molecular complexity index is 296. The van der Waals surface area contributed by atoms with Gasteiger partial charge in [0.1, 0.15) is 6.04 Å². The van der Waals surface area contributed by atoms with E-state index in [1.54, 1.807) is 6.92 Å². The summed E-state index contributed by atoms with van der Waals surface area (Å²) in [4.78, 5) is 23.7. The Morgan fingerprint density at radius 2 is 2.24 bits per heavy atom. The topological polar surface area (TPSA) is 99.1 Å². The van der Waals surface area contributed by atoms with Gasteiger partial charge in [-0.2, -0.15) is 0 Å². The molecule has 2 amide bonds. The second-order valence-corrected chi connectivity index (χ2v) is 4.13. The molecule has 0 aromatic carbocycles. The Balaban J connectivity index is 2.52. The van der Waals surface area contributed by atoms with E-state index in [2.05, 4.69) is 5.32 Å². The third-order valence-electron chi connectivity index (χ3n) is 2.77. The van der Waals surface area contributed by atoms with Crippen molar-refractivity contribution in [3.05, 3.63) is 0 Å². The van der Waals surface area contributed by atoms with Crippen LogP contribution >= 0.6 is 0 Å². The van der Waals surface area contributed by atoms with Gasteiger partial charge in [0.15, 0.2) is 0 Å². The standard InChI is InChI=1S/C10H18N2O5/c1-6(17-2)4-11-10(16)12-5-7(13)3-8(12)9(14)15/h6-8,13H,3-5H2,1-2H3,(H,11,16)(H,14,15)/t6?,7-,8-/m0/s1. The first-order valence-corrected chi connectivity index (χ1v) is 5.43.